The molecule has 1 heterocycles. The number of nitro benzene ring substituents is 1. The van der Waals surface area contributed by atoms with Gasteiger partial charge in [-0.2, -0.15) is 0 Å². The Bertz CT molecular complexity index is 919. The van der Waals surface area contributed by atoms with Crippen molar-refractivity contribution < 1.29 is 4.92 Å². The Hall–Kier alpha value is -3.06. The van der Waals surface area contributed by atoms with Crippen molar-refractivity contribution in [2.75, 3.05) is 0 Å². The summed E-state index contributed by atoms with van der Waals surface area (Å²) in [6.45, 7) is 0.652. The molecule has 7 heteroatoms. The first kappa shape index (κ1) is 16.8. The highest BCUT2D eigenvalue weighted by Gasteiger charge is 2.08. The van der Waals surface area contributed by atoms with E-state index in [4.69, 9.17) is 18.0 Å². The van der Waals surface area contributed by atoms with Crippen LogP contribution in [0.2, 0.25) is 0 Å². The zero-order chi connectivity index (χ0) is 17.8. The van der Waals surface area contributed by atoms with Crippen molar-refractivity contribution in [3.63, 3.8) is 0 Å². The first-order valence-corrected chi connectivity index (χ1v) is 8.06. The maximum absolute atomic E-state index is 10.7. The lowest BCUT2D eigenvalue weighted by Crippen LogP contribution is -2.10. The van der Waals surface area contributed by atoms with E-state index in [9.17, 15) is 10.1 Å². The summed E-state index contributed by atoms with van der Waals surface area (Å²) in [5.74, 6) is 0.884. The fourth-order valence-electron chi connectivity index (χ4n) is 2.59. The molecule has 3 rings (SSSR count). The monoisotopic (exact) mass is 352 g/mol. The van der Waals surface area contributed by atoms with Crippen LogP contribution >= 0.6 is 12.2 Å². The van der Waals surface area contributed by atoms with Gasteiger partial charge in [0.1, 0.15) is 10.8 Å². The number of hydrogen-bond donors (Lipinski definition) is 1. The Morgan fingerprint density at radius 3 is 2.64 bits per heavy atom. The summed E-state index contributed by atoms with van der Waals surface area (Å²) in [6, 6.07) is 14.3. The van der Waals surface area contributed by atoms with Gasteiger partial charge in [-0.25, -0.2) is 4.98 Å². The zero-order valence-electron chi connectivity index (χ0n) is 13.3. The van der Waals surface area contributed by atoms with E-state index in [-0.39, 0.29) is 5.69 Å². The summed E-state index contributed by atoms with van der Waals surface area (Å²) in [5, 5.41) is 10.7. The first-order valence-electron chi connectivity index (χ1n) is 7.65. The summed E-state index contributed by atoms with van der Waals surface area (Å²) in [7, 11) is 0. The highest BCUT2D eigenvalue weighted by Crippen LogP contribution is 2.16. The fraction of sp³-hybridized carbons (Fsp3) is 0.111. The molecule has 6 nitrogen and oxygen atoms in total. The minimum Gasteiger partial charge on any atom is -0.389 e. The third kappa shape index (κ3) is 4.07. The lowest BCUT2D eigenvalue weighted by molar-refractivity contribution is -0.384. The molecule has 0 bridgehead atoms. The summed E-state index contributed by atoms with van der Waals surface area (Å²) < 4.78 is 2.04. The van der Waals surface area contributed by atoms with E-state index in [0.29, 0.717) is 18.0 Å². The predicted octanol–water partition coefficient (Wildman–Crippen LogP) is 3.06. The Kier molecular flexibility index (Phi) is 4.85. The zero-order valence-corrected chi connectivity index (χ0v) is 14.1. The molecule has 0 atom stereocenters. The Balaban J connectivity index is 1.77. The van der Waals surface area contributed by atoms with Crippen LogP contribution in [0.1, 0.15) is 22.5 Å². The van der Waals surface area contributed by atoms with Crippen LogP contribution < -0.4 is 5.73 Å². The van der Waals surface area contributed by atoms with Gasteiger partial charge in [0.15, 0.2) is 0 Å². The van der Waals surface area contributed by atoms with E-state index in [1.165, 1.54) is 12.1 Å². The third-order valence-electron chi connectivity index (χ3n) is 3.88. The highest BCUT2D eigenvalue weighted by molar-refractivity contribution is 7.80. The number of thiocarbonyl (C=S) groups is 1. The van der Waals surface area contributed by atoms with Crippen molar-refractivity contribution >= 4 is 22.9 Å². The van der Waals surface area contributed by atoms with Crippen LogP contribution in [-0.2, 0) is 13.0 Å². The van der Waals surface area contributed by atoms with E-state index >= 15 is 0 Å². The molecule has 0 aliphatic rings. The van der Waals surface area contributed by atoms with Gasteiger partial charge in [-0.3, -0.25) is 10.1 Å². The smallest absolute Gasteiger partial charge is 0.269 e. The Morgan fingerprint density at radius 2 is 1.96 bits per heavy atom. The number of nitrogens with two attached hydrogens (primary N) is 1. The van der Waals surface area contributed by atoms with E-state index in [1.54, 1.807) is 18.3 Å². The van der Waals surface area contributed by atoms with Gasteiger partial charge >= 0.3 is 0 Å². The molecule has 2 aromatic carbocycles. The molecule has 0 fully saturated rings. The number of benzene rings is 2. The topological polar surface area (TPSA) is 87.0 Å². The summed E-state index contributed by atoms with van der Waals surface area (Å²) in [6.07, 6.45) is 4.26. The van der Waals surface area contributed by atoms with Crippen LogP contribution in [0.3, 0.4) is 0 Å². The average Bonchev–Trinajstić information content (AvgIpc) is 3.02. The van der Waals surface area contributed by atoms with E-state index < -0.39 is 4.92 Å². The second kappa shape index (κ2) is 7.23. The maximum Gasteiger partial charge on any atom is 0.269 e. The van der Waals surface area contributed by atoms with Crippen molar-refractivity contribution in [1.29, 1.82) is 0 Å². The molecule has 126 valence electrons. The third-order valence-corrected chi connectivity index (χ3v) is 4.11. The lowest BCUT2D eigenvalue weighted by Gasteiger charge is -2.09. The fourth-order valence-corrected chi connectivity index (χ4v) is 2.72. The number of rotatable bonds is 6. The predicted molar refractivity (Wildman–Crippen MR) is 99.6 cm³/mol. The normalized spacial score (nSPS) is 10.6. The number of hydrogen-bond acceptors (Lipinski definition) is 4. The number of aromatic nitrogens is 2. The van der Waals surface area contributed by atoms with Crippen molar-refractivity contribution in [2.45, 2.75) is 13.0 Å². The quantitative estimate of drug-likeness (QED) is 0.418. The lowest BCUT2D eigenvalue weighted by atomic mass is 10.1. The largest absolute Gasteiger partial charge is 0.389 e. The standard InChI is InChI=1S/C18H16N4O2S/c19-18(25)15-3-1-2-14(10-15)12-21-9-8-20-17(21)11-13-4-6-16(7-5-13)22(23)24/h1-10H,11-12H2,(H2,19,25). The summed E-state index contributed by atoms with van der Waals surface area (Å²) >= 11 is 5.02. The van der Waals surface area contributed by atoms with E-state index in [1.807, 2.05) is 35.0 Å². The number of nitro groups is 1. The van der Waals surface area contributed by atoms with Crippen molar-refractivity contribution in [3.8, 4) is 0 Å². The number of imidazole rings is 1. The molecule has 0 saturated carbocycles. The maximum atomic E-state index is 10.7. The molecule has 0 spiro atoms. The van der Waals surface area contributed by atoms with Crippen LogP contribution in [0.5, 0.6) is 0 Å². The van der Waals surface area contributed by atoms with E-state index in [0.717, 1.165) is 22.5 Å². The first-order chi connectivity index (χ1) is 12.0. The van der Waals surface area contributed by atoms with Gasteiger partial charge < -0.3 is 10.3 Å². The second-order valence-corrected chi connectivity index (χ2v) is 6.08. The average molecular weight is 352 g/mol. The van der Waals surface area contributed by atoms with E-state index in [2.05, 4.69) is 4.98 Å². The van der Waals surface area contributed by atoms with Gasteiger partial charge in [0.05, 0.1) is 4.92 Å². The minimum atomic E-state index is -0.403. The second-order valence-electron chi connectivity index (χ2n) is 5.64. The number of non-ortho nitro benzene ring substituents is 1. The molecule has 1 aromatic heterocycles. The van der Waals surface area contributed by atoms with Crippen molar-refractivity contribution in [1.82, 2.24) is 9.55 Å². The molecule has 0 aliphatic carbocycles. The molecule has 25 heavy (non-hydrogen) atoms. The molecule has 0 aliphatic heterocycles. The van der Waals surface area contributed by atoms with Gasteiger partial charge in [0.25, 0.3) is 5.69 Å². The molecule has 0 radical (unpaired) electrons. The SMILES string of the molecule is NC(=S)c1cccc(Cn2ccnc2Cc2ccc([N+](=O)[O-])cc2)c1. The van der Waals surface area contributed by atoms with Crippen LogP contribution in [0.4, 0.5) is 5.69 Å². The van der Waals surface area contributed by atoms with Gasteiger partial charge in [-0.05, 0) is 17.2 Å². The highest BCUT2D eigenvalue weighted by atomic mass is 32.1. The molecular weight excluding hydrogens is 336 g/mol. The van der Waals surface area contributed by atoms with Gasteiger partial charge in [-0.15, -0.1) is 0 Å². The number of nitrogens with zero attached hydrogens (tertiary/aromatic N) is 3. The van der Waals surface area contributed by atoms with Gasteiger partial charge in [0, 0.05) is 43.1 Å². The molecule has 3 aromatic rings. The van der Waals surface area contributed by atoms with Crippen LogP contribution in [0.15, 0.2) is 60.9 Å². The molecular formula is C18H16N4O2S. The Morgan fingerprint density at radius 1 is 1.20 bits per heavy atom. The summed E-state index contributed by atoms with van der Waals surface area (Å²) in [4.78, 5) is 15.1. The molecule has 0 amide bonds. The molecule has 2 N–H and O–H groups in total. The Labute approximate surface area is 150 Å². The van der Waals surface area contributed by atoms with Crippen molar-refractivity contribution in [2.24, 2.45) is 5.73 Å². The molecule has 0 saturated heterocycles. The summed E-state index contributed by atoms with van der Waals surface area (Å²) in [5.41, 5.74) is 8.65. The molecule has 0 unspecified atom stereocenters. The van der Waals surface area contributed by atoms with Gasteiger partial charge in [0.2, 0.25) is 0 Å². The minimum absolute atomic E-state index is 0.0849. The van der Waals surface area contributed by atoms with Crippen LogP contribution in [0.25, 0.3) is 0 Å². The van der Waals surface area contributed by atoms with Crippen molar-refractivity contribution in [3.05, 3.63) is 93.6 Å². The van der Waals surface area contributed by atoms with Crippen LogP contribution in [0, 0.1) is 10.1 Å². The van der Waals surface area contributed by atoms with Crippen LogP contribution in [-0.4, -0.2) is 19.5 Å². The van der Waals surface area contributed by atoms with Gasteiger partial charge in [-0.1, -0.05) is 42.5 Å².